The highest BCUT2D eigenvalue weighted by Gasteiger charge is 2.21. The van der Waals surface area contributed by atoms with Crippen LogP contribution < -0.4 is 10.6 Å². The van der Waals surface area contributed by atoms with Crippen molar-refractivity contribution in [3.63, 3.8) is 0 Å². The summed E-state index contributed by atoms with van der Waals surface area (Å²) in [6.45, 7) is 7.47. The van der Waals surface area contributed by atoms with Crippen molar-refractivity contribution < 1.29 is 9.18 Å². The maximum Gasteiger partial charge on any atom is 0.315 e. The number of rotatable bonds is 5. The quantitative estimate of drug-likeness (QED) is 0.878. The van der Waals surface area contributed by atoms with Crippen molar-refractivity contribution in [2.24, 2.45) is 5.92 Å². The number of nitrogens with one attached hydrogen (secondary N) is 2. The molecule has 2 rings (SSSR count). The highest BCUT2D eigenvalue weighted by molar-refractivity contribution is 5.73. The second-order valence-electron chi connectivity index (χ2n) is 6.25. The molecule has 2 amide bonds. The number of carbonyl (C=O) groups is 1. The molecule has 0 aliphatic carbocycles. The maximum absolute atomic E-state index is 13.5. The molecule has 0 saturated carbocycles. The minimum atomic E-state index is -0.289. The lowest BCUT2D eigenvalue weighted by Gasteiger charge is -2.35. The largest absolute Gasteiger partial charge is 0.338 e. The van der Waals surface area contributed by atoms with Crippen LogP contribution in [0.4, 0.5) is 9.18 Å². The topological polar surface area (TPSA) is 44.4 Å². The van der Waals surface area contributed by atoms with Gasteiger partial charge in [0.05, 0.1) is 0 Å². The van der Waals surface area contributed by atoms with Crippen molar-refractivity contribution in [3.05, 3.63) is 35.6 Å². The molecule has 1 saturated heterocycles. The van der Waals surface area contributed by atoms with E-state index in [1.807, 2.05) is 0 Å². The van der Waals surface area contributed by atoms with Gasteiger partial charge < -0.3 is 15.5 Å². The number of halogens is 1. The molecular weight excluding hydrogens is 281 g/mol. The van der Waals surface area contributed by atoms with Gasteiger partial charge in [-0.15, -0.1) is 0 Å². The van der Waals surface area contributed by atoms with Crippen LogP contribution in [0.5, 0.6) is 0 Å². The van der Waals surface area contributed by atoms with Crippen LogP contribution in [0, 0.1) is 11.7 Å². The summed E-state index contributed by atoms with van der Waals surface area (Å²) in [5.41, 5.74) is 0.501. The van der Waals surface area contributed by atoms with Crippen LogP contribution in [0.3, 0.4) is 0 Å². The van der Waals surface area contributed by atoms with E-state index in [9.17, 15) is 9.18 Å². The summed E-state index contributed by atoms with van der Waals surface area (Å²) < 4.78 is 13.5. The minimum absolute atomic E-state index is 0.210. The Labute approximate surface area is 132 Å². The Morgan fingerprint density at radius 2 is 2.14 bits per heavy atom. The molecule has 0 bridgehead atoms. The van der Waals surface area contributed by atoms with E-state index in [2.05, 4.69) is 29.4 Å². The van der Waals surface area contributed by atoms with E-state index in [0.717, 1.165) is 19.5 Å². The van der Waals surface area contributed by atoms with E-state index in [-0.39, 0.29) is 18.4 Å². The minimum Gasteiger partial charge on any atom is -0.338 e. The lowest BCUT2D eigenvalue weighted by Crippen LogP contribution is -2.45. The molecule has 1 aliphatic rings. The van der Waals surface area contributed by atoms with Gasteiger partial charge in [-0.05, 0) is 45.2 Å². The van der Waals surface area contributed by atoms with Crippen molar-refractivity contribution in [2.45, 2.75) is 39.3 Å². The van der Waals surface area contributed by atoms with Crippen molar-refractivity contribution in [1.82, 2.24) is 15.5 Å². The Balaban J connectivity index is 1.70. The van der Waals surface area contributed by atoms with E-state index in [0.29, 0.717) is 24.1 Å². The fraction of sp³-hybridized carbons (Fsp3) is 0.588. The molecule has 1 aliphatic heterocycles. The van der Waals surface area contributed by atoms with E-state index >= 15 is 0 Å². The van der Waals surface area contributed by atoms with Gasteiger partial charge in [0, 0.05) is 31.2 Å². The summed E-state index contributed by atoms with van der Waals surface area (Å²) in [6.07, 6.45) is 2.33. The number of piperidine rings is 1. The van der Waals surface area contributed by atoms with E-state index in [4.69, 9.17) is 0 Å². The Morgan fingerprint density at radius 3 is 2.86 bits per heavy atom. The number of benzene rings is 1. The van der Waals surface area contributed by atoms with Gasteiger partial charge in [0.2, 0.25) is 0 Å². The van der Waals surface area contributed by atoms with E-state index in [1.54, 1.807) is 18.2 Å². The lowest BCUT2D eigenvalue weighted by molar-refractivity contribution is 0.139. The first kappa shape index (κ1) is 16.7. The van der Waals surface area contributed by atoms with Crippen LogP contribution >= 0.6 is 0 Å². The molecule has 2 N–H and O–H groups in total. The summed E-state index contributed by atoms with van der Waals surface area (Å²) >= 11 is 0. The Morgan fingerprint density at radius 1 is 1.36 bits per heavy atom. The zero-order valence-corrected chi connectivity index (χ0v) is 13.4. The molecule has 5 heteroatoms. The number of hydrogen-bond acceptors (Lipinski definition) is 2. The second-order valence-corrected chi connectivity index (χ2v) is 6.25. The number of hydrogen-bond donors (Lipinski definition) is 2. The van der Waals surface area contributed by atoms with Gasteiger partial charge in [0.25, 0.3) is 0 Å². The average molecular weight is 307 g/mol. The van der Waals surface area contributed by atoms with Crippen molar-refractivity contribution in [1.29, 1.82) is 0 Å². The Kier molecular flexibility index (Phi) is 6.19. The van der Waals surface area contributed by atoms with Crippen LogP contribution in [0.1, 0.15) is 32.3 Å². The van der Waals surface area contributed by atoms with Gasteiger partial charge in [-0.25, -0.2) is 9.18 Å². The molecule has 122 valence electrons. The van der Waals surface area contributed by atoms with Crippen LogP contribution in [0.2, 0.25) is 0 Å². The predicted octanol–water partition coefficient (Wildman–Crippen LogP) is 2.75. The fourth-order valence-electron chi connectivity index (χ4n) is 2.85. The van der Waals surface area contributed by atoms with Gasteiger partial charge >= 0.3 is 6.03 Å². The van der Waals surface area contributed by atoms with Crippen LogP contribution in [0.25, 0.3) is 0 Å². The maximum atomic E-state index is 13.5. The molecule has 1 unspecified atom stereocenters. The van der Waals surface area contributed by atoms with Gasteiger partial charge in [0.15, 0.2) is 0 Å². The fourth-order valence-corrected chi connectivity index (χ4v) is 2.85. The van der Waals surface area contributed by atoms with Gasteiger partial charge in [-0.3, -0.25) is 0 Å². The lowest BCUT2D eigenvalue weighted by atomic mass is 9.97. The van der Waals surface area contributed by atoms with Gasteiger partial charge in [-0.2, -0.15) is 0 Å². The smallest absolute Gasteiger partial charge is 0.315 e. The molecule has 1 atom stereocenters. The van der Waals surface area contributed by atoms with Crippen molar-refractivity contribution >= 4 is 6.03 Å². The molecule has 0 spiro atoms. The molecule has 1 aromatic rings. The predicted molar refractivity (Wildman–Crippen MR) is 86.1 cm³/mol. The third kappa shape index (κ3) is 4.98. The SMILES string of the molecule is CC(C)N1CCCC(CNC(=O)NCc2ccccc2F)C1. The standard InChI is InChI=1S/C17H26FN3O/c1-13(2)21-9-5-6-14(12-21)10-19-17(22)20-11-15-7-3-4-8-16(15)18/h3-4,7-8,13-14H,5-6,9-12H2,1-2H3,(H2,19,20,22). The summed E-state index contributed by atoms with van der Waals surface area (Å²) in [5, 5.41) is 5.61. The monoisotopic (exact) mass is 307 g/mol. The number of carbonyl (C=O) groups excluding carboxylic acids is 1. The third-order valence-corrected chi connectivity index (χ3v) is 4.23. The Bertz CT molecular complexity index is 493. The molecule has 1 heterocycles. The number of nitrogens with zero attached hydrogens (tertiary/aromatic N) is 1. The van der Waals surface area contributed by atoms with Crippen molar-refractivity contribution in [3.8, 4) is 0 Å². The molecule has 1 fully saturated rings. The first-order valence-corrected chi connectivity index (χ1v) is 8.05. The summed E-state index contributed by atoms with van der Waals surface area (Å²) in [5.74, 6) is 0.206. The molecule has 1 aromatic carbocycles. The average Bonchev–Trinajstić information content (AvgIpc) is 2.52. The zero-order chi connectivity index (χ0) is 15.9. The zero-order valence-electron chi connectivity index (χ0n) is 13.4. The van der Waals surface area contributed by atoms with E-state index < -0.39 is 0 Å². The van der Waals surface area contributed by atoms with Crippen LogP contribution in [-0.4, -0.2) is 36.6 Å². The number of amides is 2. The highest BCUT2D eigenvalue weighted by atomic mass is 19.1. The van der Waals surface area contributed by atoms with Gasteiger partial charge in [0.1, 0.15) is 5.82 Å². The highest BCUT2D eigenvalue weighted by Crippen LogP contribution is 2.17. The first-order valence-electron chi connectivity index (χ1n) is 8.05. The summed E-state index contributed by atoms with van der Waals surface area (Å²) in [4.78, 5) is 14.3. The Hall–Kier alpha value is -1.62. The molecule has 0 aromatic heterocycles. The molecule has 22 heavy (non-hydrogen) atoms. The first-order chi connectivity index (χ1) is 10.6. The summed E-state index contributed by atoms with van der Waals surface area (Å²) in [6, 6.07) is 6.81. The van der Waals surface area contributed by atoms with Crippen molar-refractivity contribution in [2.75, 3.05) is 19.6 Å². The molecule has 4 nitrogen and oxygen atoms in total. The molecule has 0 radical (unpaired) electrons. The summed E-state index contributed by atoms with van der Waals surface area (Å²) in [7, 11) is 0. The normalized spacial score (nSPS) is 19.2. The van der Waals surface area contributed by atoms with E-state index in [1.165, 1.54) is 12.5 Å². The number of likely N-dealkylation sites (tertiary alicyclic amines) is 1. The second kappa shape index (κ2) is 8.13. The number of urea groups is 1. The molecular formula is C17H26FN3O. The van der Waals surface area contributed by atoms with Crippen LogP contribution in [-0.2, 0) is 6.54 Å². The van der Waals surface area contributed by atoms with Crippen LogP contribution in [0.15, 0.2) is 24.3 Å². The third-order valence-electron chi connectivity index (χ3n) is 4.23. The van der Waals surface area contributed by atoms with Gasteiger partial charge in [-0.1, -0.05) is 18.2 Å².